The number of ketones is 2. The first-order chi connectivity index (χ1) is 20.0. The summed E-state index contributed by atoms with van der Waals surface area (Å²) >= 11 is 0. The maximum Gasteiger partial charge on any atom is 0.306 e. The summed E-state index contributed by atoms with van der Waals surface area (Å²) in [5.74, 6) is 0.958. The van der Waals surface area contributed by atoms with Gasteiger partial charge in [-0.2, -0.15) is 0 Å². The molecule has 8 atom stereocenters. The van der Waals surface area contributed by atoms with E-state index in [1.807, 2.05) is 19.0 Å². The number of Topliss-reactive ketones (excluding diaryl/α,β-unsaturated/α-hetero) is 1. The fraction of sp³-hybridized carbons (Fsp3) is 0.794. The Labute approximate surface area is 250 Å². The van der Waals surface area contributed by atoms with Crippen molar-refractivity contribution < 1.29 is 33.7 Å². The predicted molar refractivity (Wildman–Crippen MR) is 156 cm³/mol. The van der Waals surface area contributed by atoms with Crippen LogP contribution in [-0.2, 0) is 28.6 Å². The van der Waals surface area contributed by atoms with Crippen LogP contribution in [0.1, 0.15) is 90.9 Å². The summed E-state index contributed by atoms with van der Waals surface area (Å²) in [5, 5.41) is 11.9. The van der Waals surface area contributed by atoms with Crippen molar-refractivity contribution in [2.24, 2.45) is 40.4 Å². The van der Waals surface area contributed by atoms with Crippen LogP contribution in [0.15, 0.2) is 23.2 Å². The molecule has 0 spiro atoms. The van der Waals surface area contributed by atoms with Crippen LogP contribution in [0, 0.1) is 40.4 Å². The SMILES string of the molecule is CN(C)CCCC(=O)OCC(=O)[C@H]1CCC2C3CCC4=CC(=O)C5=C(O[C@@H](C6CCCCC6)O5)[C@]4(C)C3[C@@H](O)C[C@@]21C. The molecule has 1 heterocycles. The molecule has 0 aromatic carbocycles. The summed E-state index contributed by atoms with van der Waals surface area (Å²) in [6.07, 6.45) is 11.2. The van der Waals surface area contributed by atoms with Gasteiger partial charge in [-0.15, -0.1) is 0 Å². The Hall–Kier alpha value is -2.19. The second kappa shape index (κ2) is 11.4. The second-order valence-electron chi connectivity index (χ2n) is 14.7. The highest BCUT2D eigenvalue weighted by molar-refractivity contribution is 6.05. The van der Waals surface area contributed by atoms with Crippen LogP contribution in [0.25, 0.3) is 0 Å². The second-order valence-corrected chi connectivity index (χ2v) is 14.7. The van der Waals surface area contributed by atoms with Gasteiger partial charge in [-0.05, 0) is 102 Å². The zero-order valence-electron chi connectivity index (χ0n) is 25.9. The van der Waals surface area contributed by atoms with Crippen molar-refractivity contribution in [3.63, 3.8) is 0 Å². The first-order valence-corrected chi connectivity index (χ1v) is 16.4. The van der Waals surface area contributed by atoms with Crippen LogP contribution in [0.5, 0.6) is 0 Å². The molecule has 4 fully saturated rings. The third-order valence-corrected chi connectivity index (χ3v) is 12.0. The monoisotopic (exact) mass is 583 g/mol. The van der Waals surface area contributed by atoms with Gasteiger partial charge in [-0.25, -0.2) is 0 Å². The normalized spacial score (nSPS) is 39.5. The van der Waals surface area contributed by atoms with Gasteiger partial charge in [0.2, 0.25) is 17.8 Å². The maximum absolute atomic E-state index is 13.5. The minimum atomic E-state index is -0.647. The molecule has 4 saturated carbocycles. The van der Waals surface area contributed by atoms with E-state index < -0.39 is 17.8 Å². The van der Waals surface area contributed by atoms with Gasteiger partial charge in [0.25, 0.3) is 0 Å². The third kappa shape index (κ3) is 4.94. The van der Waals surface area contributed by atoms with Gasteiger partial charge in [-0.1, -0.05) is 31.8 Å². The topological polar surface area (TPSA) is 102 Å². The Morgan fingerprint density at radius 1 is 1.07 bits per heavy atom. The number of fused-ring (bicyclic) bond motifs is 6. The molecule has 232 valence electrons. The number of nitrogens with zero attached hydrogens (tertiary/aromatic N) is 1. The summed E-state index contributed by atoms with van der Waals surface area (Å²) in [4.78, 5) is 41.0. The summed E-state index contributed by atoms with van der Waals surface area (Å²) in [7, 11) is 3.93. The summed E-state index contributed by atoms with van der Waals surface area (Å²) < 4.78 is 18.3. The van der Waals surface area contributed by atoms with Crippen molar-refractivity contribution in [2.75, 3.05) is 27.2 Å². The molecule has 1 N–H and O–H groups in total. The van der Waals surface area contributed by atoms with Crippen molar-refractivity contribution in [1.82, 2.24) is 4.90 Å². The summed E-state index contributed by atoms with van der Waals surface area (Å²) in [5.41, 5.74) is 0.0988. The lowest BCUT2D eigenvalue weighted by Gasteiger charge is -2.59. The fourth-order valence-electron chi connectivity index (χ4n) is 9.99. The van der Waals surface area contributed by atoms with Gasteiger partial charge in [0, 0.05) is 24.2 Å². The Morgan fingerprint density at radius 2 is 1.83 bits per heavy atom. The van der Waals surface area contributed by atoms with Crippen molar-refractivity contribution in [3.8, 4) is 0 Å². The minimum Gasteiger partial charge on any atom is -0.458 e. The highest BCUT2D eigenvalue weighted by Crippen LogP contribution is 2.68. The van der Waals surface area contributed by atoms with E-state index >= 15 is 0 Å². The molecule has 0 saturated heterocycles. The molecule has 0 bridgehead atoms. The lowest BCUT2D eigenvalue weighted by molar-refractivity contribution is -0.156. The van der Waals surface area contributed by atoms with Crippen LogP contribution < -0.4 is 0 Å². The number of carbonyl (C=O) groups is 3. The number of hydrogen-bond acceptors (Lipinski definition) is 8. The van der Waals surface area contributed by atoms with Crippen molar-refractivity contribution in [3.05, 3.63) is 23.2 Å². The van der Waals surface area contributed by atoms with Gasteiger partial charge in [0.15, 0.2) is 11.5 Å². The first kappa shape index (κ1) is 29.9. The van der Waals surface area contributed by atoms with E-state index in [1.54, 1.807) is 6.08 Å². The van der Waals surface area contributed by atoms with Crippen LogP contribution >= 0.6 is 0 Å². The van der Waals surface area contributed by atoms with Crippen molar-refractivity contribution in [2.45, 2.75) is 103 Å². The number of carbonyl (C=O) groups excluding carboxylic acids is 3. The Bertz CT molecular complexity index is 1170. The van der Waals surface area contributed by atoms with Crippen LogP contribution in [-0.4, -0.2) is 67.2 Å². The lowest BCUT2D eigenvalue weighted by atomic mass is 9.46. The number of hydrogen-bond donors (Lipinski definition) is 1. The third-order valence-electron chi connectivity index (χ3n) is 12.0. The molecule has 6 rings (SSSR count). The molecule has 0 radical (unpaired) electrons. The fourth-order valence-corrected chi connectivity index (χ4v) is 9.99. The quantitative estimate of drug-likeness (QED) is 0.401. The lowest BCUT2D eigenvalue weighted by Crippen LogP contribution is -2.57. The summed E-state index contributed by atoms with van der Waals surface area (Å²) in [6, 6.07) is 0. The molecule has 0 aromatic rings. The van der Waals surface area contributed by atoms with Gasteiger partial charge in [0.1, 0.15) is 6.61 Å². The molecule has 3 unspecified atom stereocenters. The van der Waals surface area contributed by atoms with E-state index in [0.29, 0.717) is 30.8 Å². The van der Waals surface area contributed by atoms with Gasteiger partial charge in [-0.3, -0.25) is 14.4 Å². The van der Waals surface area contributed by atoms with Gasteiger partial charge < -0.3 is 24.2 Å². The number of esters is 1. The van der Waals surface area contributed by atoms with Crippen molar-refractivity contribution in [1.29, 1.82) is 0 Å². The van der Waals surface area contributed by atoms with E-state index in [2.05, 4.69) is 13.8 Å². The molecule has 0 amide bonds. The van der Waals surface area contributed by atoms with Crippen LogP contribution in [0.3, 0.4) is 0 Å². The van der Waals surface area contributed by atoms with E-state index in [9.17, 15) is 19.5 Å². The minimum absolute atomic E-state index is 0.0228. The standard InChI is InChI=1S/C34H49NO7/c1-33-18-26(37)29-22(23(33)14-15-24(33)27(38)19-40-28(39)11-8-16-35(3)4)13-12-21-17-25(36)30-31(34(21,29)2)42-32(41-30)20-9-6-5-7-10-20/h17,20,22-24,26,29,32,37H,5-16,18-19H2,1-4H3/t22?,23?,24-,26+,29?,32+,33+,34+/m1/s1. The molecule has 5 aliphatic carbocycles. The number of aliphatic hydroxyl groups excluding tert-OH is 1. The Kier molecular flexibility index (Phi) is 8.09. The zero-order valence-corrected chi connectivity index (χ0v) is 25.9. The highest BCUT2D eigenvalue weighted by Gasteiger charge is 2.66. The molecular formula is C34H49NO7. The number of ether oxygens (including phenoxy) is 3. The number of aliphatic hydroxyl groups is 1. The number of rotatable bonds is 8. The molecule has 1 aliphatic heterocycles. The maximum atomic E-state index is 13.5. The molecule has 0 aromatic heterocycles. The van der Waals surface area contributed by atoms with Gasteiger partial charge >= 0.3 is 5.97 Å². The van der Waals surface area contributed by atoms with Crippen LogP contribution in [0.4, 0.5) is 0 Å². The Morgan fingerprint density at radius 3 is 2.57 bits per heavy atom. The molecule has 8 heteroatoms. The van der Waals surface area contributed by atoms with Crippen molar-refractivity contribution >= 4 is 17.5 Å². The molecule has 6 aliphatic rings. The smallest absolute Gasteiger partial charge is 0.306 e. The molecule has 42 heavy (non-hydrogen) atoms. The predicted octanol–water partition coefficient (Wildman–Crippen LogP) is 4.94. The summed E-state index contributed by atoms with van der Waals surface area (Å²) in [6.45, 7) is 4.94. The first-order valence-electron chi connectivity index (χ1n) is 16.4. The van der Waals surface area contributed by atoms with E-state index in [0.717, 1.165) is 63.5 Å². The largest absolute Gasteiger partial charge is 0.458 e. The highest BCUT2D eigenvalue weighted by atomic mass is 16.7. The van der Waals surface area contributed by atoms with E-state index in [4.69, 9.17) is 14.2 Å². The van der Waals surface area contributed by atoms with E-state index in [-0.39, 0.29) is 59.1 Å². The molecule has 8 nitrogen and oxygen atoms in total. The number of allylic oxidation sites excluding steroid dienone is 2. The average Bonchev–Trinajstić information content (AvgIpc) is 3.55. The molecular weight excluding hydrogens is 534 g/mol. The average molecular weight is 584 g/mol. The van der Waals surface area contributed by atoms with Gasteiger partial charge in [0.05, 0.1) is 11.5 Å². The zero-order chi connectivity index (χ0) is 29.8. The Balaban J connectivity index is 1.18. The van der Waals surface area contributed by atoms with E-state index in [1.165, 1.54) is 6.42 Å². The van der Waals surface area contributed by atoms with Crippen LogP contribution in [0.2, 0.25) is 0 Å².